The second-order valence-corrected chi connectivity index (χ2v) is 4.83. The summed E-state index contributed by atoms with van der Waals surface area (Å²) in [5.74, 6) is -0.346. The van der Waals surface area contributed by atoms with Crippen molar-refractivity contribution >= 4 is 11.7 Å². The van der Waals surface area contributed by atoms with Gasteiger partial charge in [-0.3, -0.25) is 0 Å². The number of esters is 1. The molecule has 0 unspecified atom stereocenters. The largest absolute Gasteiger partial charge is 0.465 e. The fourth-order valence-electron chi connectivity index (χ4n) is 2.28. The molecule has 2 aromatic carbocycles. The van der Waals surface area contributed by atoms with E-state index in [0.717, 1.165) is 16.7 Å². The minimum Gasteiger partial charge on any atom is -0.465 e. The van der Waals surface area contributed by atoms with Crippen LogP contribution in [0.25, 0.3) is 0 Å². The van der Waals surface area contributed by atoms with Gasteiger partial charge in [0.15, 0.2) is 0 Å². The lowest BCUT2D eigenvalue weighted by molar-refractivity contribution is 0.0599. The lowest BCUT2D eigenvalue weighted by Gasteiger charge is -2.11. The minimum atomic E-state index is -0.346. The first kappa shape index (κ1) is 15.1. The molecule has 21 heavy (non-hydrogen) atoms. The topological polar surface area (TPSA) is 72.5 Å². The lowest BCUT2D eigenvalue weighted by atomic mass is 9.97. The van der Waals surface area contributed by atoms with E-state index in [1.54, 1.807) is 6.07 Å². The van der Waals surface area contributed by atoms with Crippen molar-refractivity contribution in [3.05, 3.63) is 64.7 Å². The number of nitrogens with two attached hydrogens (primary N) is 1. The third kappa shape index (κ3) is 3.61. The summed E-state index contributed by atoms with van der Waals surface area (Å²) in [5.41, 5.74) is 10.1. The van der Waals surface area contributed by atoms with E-state index < -0.39 is 0 Å². The summed E-state index contributed by atoms with van der Waals surface area (Å²) in [6.07, 6.45) is 1.15. The smallest absolute Gasteiger partial charge is 0.338 e. The molecule has 0 atom stereocenters. The Hall–Kier alpha value is -2.33. The molecule has 0 fully saturated rings. The fourth-order valence-corrected chi connectivity index (χ4v) is 2.28. The predicted octanol–water partition coefficient (Wildman–Crippen LogP) is 2.18. The first-order chi connectivity index (χ1) is 10.2. The molecule has 0 radical (unpaired) electrons. The molecular formula is C17H19NO3. The van der Waals surface area contributed by atoms with Crippen LogP contribution in [0.4, 0.5) is 5.69 Å². The Kier molecular flexibility index (Phi) is 4.95. The van der Waals surface area contributed by atoms with Gasteiger partial charge in [0.1, 0.15) is 0 Å². The summed E-state index contributed by atoms with van der Waals surface area (Å²) in [5, 5.41) is 8.95. The van der Waals surface area contributed by atoms with Crippen molar-refractivity contribution in [1.82, 2.24) is 0 Å². The number of benzene rings is 2. The van der Waals surface area contributed by atoms with Crippen molar-refractivity contribution in [3.63, 3.8) is 0 Å². The molecule has 0 aliphatic rings. The Bertz CT molecular complexity index is 638. The van der Waals surface area contributed by atoms with Gasteiger partial charge >= 0.3 is 5.97 Å². The molecule has 0 aliphatic carbocycles. The molecule has 4 heteroatoms. The highest BCUT2D eigenvalue weighted by Gasteiger charge is 2.12. The van der Waals surface area contributed by atoms with Gasteiger partial charge in [-0.05, 0) is 35.2 Å². The Morgan fingerprint density at radius 2 is 1.95 bits per heavy atom. The number of hydrogen-bond donors (Lipinski definition) is 2. The van der Waals surface area contributed by atoms with E-state index in [-0.39, 0.29) is 12.6 Å². The molecule has 2 rings (SSSR count). The Morgan fingerprint density at radius 3 is 2.62 bits per heavy atom. The van der Waals surface area contributed by atoms with Crippen LogP contribution in [-0.4, -0.2) is 24.8 Å². The maximum atomic E-state index is 11.8. The van der Waals surface area contributed by atoms with Crippen LogP contribution in [-0.2, 0) is 17.6 Å². The van der Waals surface area contributed by atoms with Crippen molar-refractivity contribution in [2.75, 3.05) is 19.5 Å². The second-order valence-electron chi connectivity index (χ2n) is 4.83. The SMILES string of the molecule is COC(=O)c1ccccc1Cc1ccc(CCO)cc1N. The Labute approximate surface area is 124 Å². The van der Waals surface area contributed by atoms with Gasteiger partial charge in [-0.25, -0.2) is 4.79 Å². The fraction of sp³-hybridized carbons (Fsp3) is 0.235. The molecule has 0 aliphatic heterocycles. The Balaban J connectivity index is 2.28. The quantitative estimate of drug-likeness (QED) is 0.652. The van der Waals surface area contributed by atoms with Crippen molar-refractivity contribution in [3.8, 4) is 0 Å². The lowest BCUT2D eigenvalue weighted by Crippen LogP contribution is -2.07. The van der Waals surface area contributed by atoms with Crippen molar-refractivity contribution in [2.24, 2.45) is 0 Å². The predicted molar refractivity (Wildman–Crippen MR) is 82.2 cm³/mol. The van der Waals surface area contributed by atoms with Crippen molar-refractivity contribution in [1.29, 1.82) is 0 Å². The van der Waals surface area contributed by atoms with Crippen LogP contribution in [0.5, 0.6) is 0 Å². The summed E-state index contributed by atoms with van der Waals surface area (Å²) in [6.45, 7) is 0.101. The van der Waals surface area contributed by atoms with Gasteiger partial charge in [-0.2, -0.15) is 0 Å². The van der Waals surface area contributed by atoms with E-state index in [1.165, 1.54) is 7.11 Å². The van der Waals surface area contributed by atoms with Gasteiger partial charge in [-0.1, -0.05) is 30.3 Å². The average molecular weight is 285 g/mol. The van der Waals surface area contributed by atoms with Crippen LogP contribution in [0.15, 0.2) is 42.5 Å². The summed E-state index contributed by atoms with van der Waals surface area (Å²) in [6, 6.07) is 13.1. The van der Waals surface area contributed by atoms with Crippen LogP contribution in [0.2, 0.25) is 0 Å². The molecule has 0 spiro atoms. The van der Waals surface area contributed by atoms with E-state index in [0.29, 0.717) is 24.1 Å². The van der Waals surface area contributed by atoms with Crippen molar-refractivity contribution in [2.45, 2.75) is 12.8 Å². The van der Waals surface area contributed by atoms with Gasteiger partial charge in [0, 0.05) is 18.7 Å². The molecule has 3 N–H and O–H groups in total. The molecular weight excluding hydrogens is 266 g/mol. The van der Waals surface area contributed by atoms with Crippen LogP contribution >= 0.6 is 0 Å². The van der Waals surface area contributed by atoms with Crippen LogP contribution in [0.1, 0.15) is 27.0 Å². The van der Waals surface area contributed by atoms with Crippen LogP contribution in [0.3, 0.4) is 0 Å². The summed E-state index contributed by atoms with van der Waals surface area (Å²) in [7, 11) is 1.37. The van der Waals surface area contributed by atoms with Gasteiger partial charge in [-0.15, -0.1) is 0 Å². The highest BCUT2D eigenvalue weighted by molar-refractivity contribution is 5.91. The third-order valence-electron chi connectivity index (χ3n) is 3.41. The van der Waals surface area contributed by atoms with Gasteiger partial charge in [0.2, 0.25) is 0 Å². The number of nitrogen functional groups attached to an aromatic ring is 1. The number of aliphatic hydroxyl groups excluding tert-OH is 1. The monoisotopic (exact) mass is 285 g/mol. The van der Waals surface area contributed by atoms with Gasteiger partial charge in [0.05, 0.1) is 12.7 Å². The minimum absolute atomic E-state index is 0.101. The summed E-state index contributed by atoms with van der Waals surface area (Å²) in [4.78, 5) is 11.8. The van der Waals surface area contributed by atoms with Gasteiger partial charge in [0.25, 0.3) is 0 Å². The number of methoxy groups -OCH3 is 1. The Morgan fingerprint density at radius 1 is 1.19 bits per heavy atom. The second kappa shape index (κ2) is 6.90. The molecule has 4 nitrogen and oxygen atoms in total. The van der Waals surface area contributed by atoms with E-state index >= 15 is 0 Å². The van der Waals surface area contributed by atoms with E-state index in [4.69, 9.17) is 15.6 Å². The average Bonchev–Trinajstić information content (AvgIpc) is 2.50. The van der Waals surface area contributed by atoms with Crippen molar-refractivity contribution < 1.29 is 14.6 Å². The number of carbonyl (C=O) groups excluding carboxylic acids is 1. The standard InChI is InChI=1S/C17H19NO3/c1-21-17(20)15-5-3-2-4-13(15)11-14-7-6-12(8-9-19)10-16(14)18/h2-7,10,19H,8-9,11,18H2,1H3. The van der Waals surface area contributed by atoms with Crippen LogP contribution in [0, 0.1) is 0 Å². The molecule has 0 bridgehead atoms. The molecule has 0 saturated heterocycles. The van der Waals surface area contributed by atoms with E-state index in [1.807, 2.05) is 36.4 Å². The van der Waals surface area contributed by atoms with Crippen LogP contribution < -0.4 is 5.73 Å². The maximum Gasteiger partial charge on any atom is 0.338 e. The zero-order valence-electron chi connectivity index (χ0n) is 12.0. The molecule has 0 amide bonds. The molecule has 110 valence electrons. The normalized spacial score (nSPS) is 10.4. The number of anilines is 1. The number of ether oxygens (including phenoxy) is 1. The zero-order chi connectivity index (χ0) is 15.2. The molecule has 2 aromatic rings. The third-order valence-corrected chi connectivity index (χ3v) is 3.41. The highest BCUT2D eigenvalue weighted by atomic mass is 16.5. The zero-order valence-corrected chi connectivity index (χ0v) is 12.0. The highest BCUT2D eigenvalue weighted by Crippen LogP contribution is 2.21. The summed E-state index contributed by atoms with van der Waals surface area (Å²) < 4.78 is 4.80. The summed E-state index contributed by atoms with van der Waals surface area (Å²) >= 11 is 0. The first-order valence-electron chi connectivity index (χ1n) is 6.80. The van der Waals surface area contributed by atoms with E-state index in [2.05, 4.69) is 0 Å². The van der Waals surface area contributed by atoms with E-state index in [9.17, 15) is 4.79 Å². The van der Waals surface area contributed by atoms with Gasteiger partial charge < -0.3 is 15.6 Å². The maximum absolute atomic E-state index is 11.8. The molecule has 0 heterocycles. The number of aliphatic hydroxyl groups is 1. The molecule has 0 saturated carbocycles. The number of carbonyl (C=O) groups is 1. The first-order valence-corrected chi connectivity index (χ1v) is 6.80. The number of rotatable bonds is 5. The number of hydrogen-bond acceptors (Lipinski definition) is 4. The molecule has 0 aromatic heterocycles.